The van der Waals surface area contributed by atoms with Crippen LogP contribution in [-0.2, 0) is 0 Å². The Labute approximate surface area is 127 Å². The molecule has 0 fully saturated rings. The third kappa shape index (κ3) is 2.69. The molecule has 0 radical (unpaired) electrons. The van der Waals surface area contributed by atoms with Gasteiger partial charge in [-0.3, -0.25) is 0 Å². The smallest absolute Gasteiger partial charge is 0.148 e. The molecule has 0 aliphatic carbocycles. The highest BCUT2D eigenvalue weighted by Gasteiger charge is 2.12. The van der Waals surface area contributed by atoms with E-state index < -0.39 is 0 Å². The second-order valence-corrected chi connectivity index (χ2v) is 4.46. The number of aromatic amines is 1. The molecule has 0 spiro atoms. The first-order chi connectivity index (χ1) is 10.8. The molecular formula is C16H14N4O2. The van der Waals surface area contributed by atoms with E-state index in [1.807, 2.05) is 19.1 Å². The number of ether oxygens (including phenoxy) is 2. The van der Waals surface area contributed by atoms with Crippen molar-refractivity contribution in [2.45, 2.75) is 6.92 Å². The van der Waals surface area contributed by atoms with Crippen molar-refractivity contribution >= 4 is 11.0 Å². The third-order valence-corrected chi connectivity index (χ3v) is 3.03. The Morgan fingerprint density at radius 1 is 1.23 bits per heavy atom. The lowest BCUT2D eigenvalue weighted by Crippen LogP contribution is -1.98. The molecule has 1 aromatic carbocycles. The van der Waals surface area contributed by atoms with Gasteiger partial charge >= 0.3 is 0 Å². The molecule has 2 aromatic heterocycles. The normalized spacial score (nSPS) is 10.4. The van der Waals surface area contributed by atoms with Crippen LogP contribution in [0.5, 0.6) is 11.5 Å². The second kappa shape index (κ2) is 6.14. The summed E-state index contributed by atoms with van der Waals surface area (Å²) in [6.07, 6.45) is 8.45. The van der Waals surface area contributed by atoms with E-state index in [-0.39, 0.29) is 6.61 Å². The number of rotatable bonds is 5. The highest BCUT2D eigenvalue weighted by atomic mass is 16.5. The van der Waals surface area contributed by atoms with E-state index in [4.69, 9.17) is 15.9 Å². The molecule has 22 heavy (non-hydrogen) atoms. The molecular weight excluding hydrogens is 280 g/mol. The summed E-state index contributed by atoms with van der Waals surface area (Å²) < 4.78 is 11.1. The maximum absolute atomic E-state index is 5.69. The topological polar surface area (TPSA) is 72.9 Å². The van der Waals surface area contributed by atoms with Crippen molar-refractivity contribution in [2.24, 2.45) is 0 Å². The van der Waals surface area contributed by atoms with Crippen LogP contribution in [0.2, 0.25) is 0 Å². The first-order valence-corrected chi connectivity index (χ1v) is 6.81. The molecule has 110 valence electrons. The molecule has 0 saturated carbocycles. The van der Waals surface area contributed by atoms with Gasteiger partial charge in [0.2, 0.25) is 0 Å². The summed E-state index contributed by atoms with van der Waals surface area (Å²) in [5.41, 5.74) is 2.41. The van der Waals surface area contributed by atoms with Crippen molar-refractivity contribution in [1.82, 2.24) is 20.2 Å². The summed E-state index contributed by atoms with van der Waals surface area (Å²) in [5, 5.41) is 7.66. The third-order valence-electron chi connectivity index (χ3n) is 3.03. The standard InChI is InChI=1S/C16H14N4O2/c1-3-7-22-11-5-6-12(15(8-11)21-4-2)16-19-13-9-17-18-10-14(13)20-16/h1,5-6,8-10H,4,7H2,2H3,(H,19,20). The van der Waals surface area contributed by atoms with Crippen molar-refractivity contribution in [3.05, 3.63) is 30.6 Å². The van der Waals surface area contributed by atoms with Gasteiger partial charge < -0.3 is 14.5 Å². The van der Waals surface area contributed by atoms with E-state index in [0.29, 0.717) is 23.9 Å². The number of imidazole rings is 1. The lowest BCUT2D eigenvalue weighted by Gasteiger charge is -2.10. The van der Waals surface area contributed by atoms with E-state index in [2.05, 4.69) is 26.1 Å². The number of nitrogens with zero attached hydrogens (tertiary/aromatic N) is 3. The summed E-state index contributed by atoms with van der Waals surface area (Å²) >= 11 is 0. The van der Waals surface area contributed by atoms with Gasteiger partial charge in [-0.25, -0.2) is 4.98 Å². The van der Waals surface area contributed by atoms with Gasteiger partial charge in [0.25, 0.3) is 0 Å². The zero-order valence-electron chi connectivity index (χ0n) is 12.0. The molecule has 2 heterocycles. The lowest BCUT2D eigenvalue weighted by molar-refractivity contribution is 0.333. The summed E-state index contributed by atoms with van der Waals surface area (Å²) in [5.74, 6) is 4.46. The molecule has 6 nitrogen and oxygen atoms in total. The van der Waals surface area contributed by atoms with Gasteiger partial charge in [-0.1, -0.05) is 5.92 Å². The lowest BCUT2D eigenvalue weighted by atomic mass is 10.2. The van der Waals surface area contributed by atoms with Crippen LogP contribution in [-0.4, -0.2) is 33.4 Å². The Bertz CT molecular complexity index is 803. The maximum Gasteiger partial charge on any atom is 0.148 e. The minimum Gasteiger partial charge on any atom is -0.493 e. The molecule has 1 N–H and O–H groups in total. The molecule has 0 bridgehead atoms. The molecule has 0 aliphatic rings. The SMILES string of the molecule is C#CCOc1ccc(-c2nc3cnncc3[nH]2)c(OCC)c1. The number of aromatic nitrogens is 4. The first-order valence-electron chi connectivity index (χ1n) is 6.81. The number of hydrogen-bond acceptors (Lipinski definition) is 5. The van der Waals surface area contributed by atoms with E-state index >= 15 is 0 Å². The molecule has 0 atom stereocenters. The van der Waals surface area contributed by atoms with Crippen molar-refractivity contribution < 1.29 is 9.47 Å². The molecule has 3 aromatic rings. The van der Waals surface area contributed by atoms with Crippen LogP contribution in [0.15, 0.2) is 30.6 Å². The predicted octanol–water partition coefficient (Wildman–Crippen LogP) is 2.43. The van der Waals surface area contributed by atoms with Gasteiger partial charge in [-0.05, 0) is 19.1 Å². The fourth-order valence-corrected chi connectivity index (χ4v) is 2.09. The van der Waals surface area contributed by atoms with E-state index in [1.165, 1.54) is 0 Å². The van der Waals surface area contributed by atoms with E-state index in [1.54, 1.807) is 18.5 Å². The van der Waals surface area contributed by atoms with Crippen LogP contribution in [0.1, 0.15) is 6.92 Å². The van der Waals surface area contributed by atoms with Gasteiger partial charge in [-0.2, -0.15) is 10.2 Å². The highest BCUT2D eigenvalue weighted by molar-refractivity contribution is 5.79. The molecule has 0 amide bonds. The van der Waals surface area contributed by atoms with E-state index in [0.717, 1.165) is 16.6 Å². The number of fused-ring (bicyclic) bond motifs is 1. The van der Waals surface area contributed by atoms with Gasteiger partial charge in [0.15, 0.2) is 0 Å². The molecule has 0 aliphatic heterocycles. The number of terminal acetylenes is 1. The van der Waals surface area contributed by atoms with Crippen LogP contribution in [0.4, 0.5) is 0 Å². The van der Waals surface area contributed by atoms with Crippen molar-refractivity contribution in [1.29, 1.82) is 0 Å². The fraction of sp³-hybridized carbons (Fsp3) is 0.188. The van der Waals surface area contributed by atoms with Crippen molar-refractivity contribution in [3.8, 4) is 35.2 Å². The van der Waals surface area contributed by atoms with Crippen molar-refractivity contribution in [3.63, 3.8) is 0 Å². The van der Waals surface area contributed by atoms with Crippen LogP contribution < -0.4 is 9.47 Å². The average Bonchev–Trinajstić information content (AvgIpc) is 2.97. The summed E-state index contributed by atoms with van der Waals surface area (Å²) in [6, 6.07) is 5.52. The molecule has 6 heteroatoms. The Morgan fingerprint density at radius 3 is 2.86 bits per heavy atom. The second-order valence-electron chi connectivity index (χ2n) is 4.46. The molecule has 0 saturated heterocycles. The number of benzene rings is 1. The fourth-order valence-electron chi connectivity index (χ4n) is 2.09. The minimum atomic E-state index is 0.215. The largest absolute Gasteiger partial charge is 0.493 e. The molecule has 3 rings (SSSR count). The van der Waals surface area contributed by atoms with Gasteiger partial charge in [0.1, 0.15) is 29.4 Å². The summed E-state index contributed by atoms with van der Waals surface area (Å²) in [7, 11) is 0. The van der Waals surface area contributed by atoms with Crippen LogP contribution in [0.25, 0.3) is 22.4 Å². The number of H-pyrrole nitrogens is 1. The maximum atomic E-state index is 5.69. The average molecular weight is 294 g/mol. The van der Waals surface area contributed by atoms with E-state index in [9.17, 15) is 0 Å². The minimum absolute atomic E-state index is 0.215. The Balaban J connectivity index is 2.02. The van der Waals surface area contributed by atoms with Gasteiger partial charge in [0.05, 0.1) is 30.1 Å². The van der Waals surface area contributed by atoms with Gasteiger partial charge in [0, 0.05) is 6.07 Å². The predicted molar refractivity (Wildman–Crippen MR) is 82.6 cm³/mol. The summed E-state index contributed by atoms with van der Waals surface area (Å²) in [4.78, 5) is 7.71. The zero-order chi connectivity index (χ0) is 15.4. The van der Waals surface area contributed by atoms with Crippen LogP contribution >= 0.6 is 0 Å². The molecule has 0 unspecified atom stereocenters. The van der Waals surface area contributed by atoms with Crippen LogP contribution in [0.3, 0.4) is 0 Å². The Kier molecular flexibility index (Phi) is 3.88. The highest BCUT2D eigenvalue weighted by Crippen LogP contribution is 2.32. The Hall–Kier alpha value is -3.07. The number of hydrogen-bond donors (Lipinski definition) is 1. The monoisotopic (exact) mass is 294 g/mol. The zero-order valence-corrected chi connectivity index (χ0v) is 12.0. The number of nitrogens with one attached hydrogen (secondary N) is 1. The van der Waals surface area contributed by atoms with Crippen LogP contribution in [0, 0.1) is 12.3 Å². The first kappa shape index (κ1) is 13.9. The van der Waals surface area contributed by atoms with Crippen molar-refractivity contribution in [2.75, 3.05) is 13.2 Å². The summed E-state index contributed by atoms with van der Waals surface area (Å²) in [6.45, 7) is 2.67. The quantitative estimate of drug-likeness (QED) is 0.732. The van der Waals surface area contributed by atoms with Gasteiger partial charge in [-0.15, -0.1) is 6.42 Å². The Morgan fingerprint density at radius 2 is 2.09 bits per heavy atom.